The summed E-state index contributed by atoms with van der Waals surface area (Å²) in [6.07, 6.45) is 1.33. The van der Waals surface area contributed by atoms with Crippen LogP contribution in [0, 0.1) is 13.8 Å². The standard InChI is InChI=1S/C14H19N3O3S/c1-9-7-13(11(3)20-9)10(2)17-14-6-5-12(8-16-14)21(18,19)15-4/h5-8,10,15H,1-4H3,(H,16,17). The van der Waals surface area contributed by atoms with Crippen LogP contribution in [-0.4, -0.2) is 20.4 Å². The first kappa shape index (κ1) is 15.5. The number of nitrogens with one attached hydrogen (secondary N) is 2. The van der Waals surface area contributed by atoms with Crippen LogP contribution >= 0.6 is 0 Å². The highest BCUT2D eigenvalue weighted by Crippen LogP contribution is 2.24. The van der Waals surface area contributed by atoms with Gasteiger partial charge in [0.25, 0.3) is 0 Å². The number of rotatable bonds is 5. The highest BCUT2D eigenvalue weighted by atomic mass is 32.2. The van der Waals surface area contributed by atoms with Crippen LogP contribution in [0.15, 0.2) is 33.7 Å². The summed E-state index contributed by atoms with van der Waals surface area (Å²) in [5.74, 6) is 2.33. The molecule has 0 spiro atoms. The Hall–Kier alpha value is -1.86. The quantitative estimate of drug-likeness (QED) is 0.886. The molecule has 0 aliphatic heterocycles. The molecule has 114 valence electrons. The van der Waals surface area contributed by atoms with Gasteiger partial charge in [-0.1, -0.05) is 0 Å². The molecule has 2 N–H and O–H groups in total. The highest BCUT2D eigenvalue weighted by molar-refractivity contribution is 7.89. The van der Waals surface area contributed by atoms with Gasteiger partial charge in [0, 0.05) is 11.8 Å². The van der Waals surface area contributed by atoms with Crippen molar-refractivity contribution < 1.29 is 12.8 Å². The van der Waals surface area contributed by atoms with Crippen LogP contribution in [0.3, 0.4) is 0 Å². The van der Waals surface area contributed by atoms with E-state index in [9.17, 15) is 8.42 Å². The molecular weight excluding hydrogens is 290 g/mol. The zero-order chi connectivity index (χ0) is 15.6. The zero-order valence-corrected chi connectivity index (χ0v) is 13.3. The minimum absolute atomic E-state index is 0.0155. The molecular formula is C14H19N3O3S. The highest BCUT2D eigenvalue weighted by Gasteiger charge is 2.14. The number of pyridine rings is 1. The van der Waals surface area contributed by atoms with E-state index in [1.165, 1.54) is 19.3 Å². The number of sulfonamides is 1. The van der Waals surface area contributed by atoms with Gasteiger partial charge in [-0.25, -0.2) is 18.1 Å². The van der Waals surface area contributed by atoms with Crippen molar-refractivity contribution in [3.8, 4) is 0 Å². The number of nitrogens with zero attached hydrogens (tertiary/aromatic N) is 1. The predicted molar refractivity (Wildman–Crippen MR) is 80.7 cm³/mol. The number of hydrogen-bond donors (Lipinski definition) is 2. The fourth-order valence-electron chi connectivity index (χ4n) is 2.12. The van der Waals surface area contributed by atoms with E-state index in [1.54, 1.807) is 6.07 Å². The minimum Gasteiger partial charge on any atom is -0.466 e. The number of furan rings is 1. The second kappa shape index (κ2) is 5.87. The Bertz CT molecular complexity index is 720. The van der Waals surface area contributed by atoms with Crippen LogP contribution in [0.4, 0.5) is 5.82 Å². The molecule has 2 heterocycles. The van der Waals surface area contributed by atoms with Gasteiger partial charge in [-0.15, -0.1) is 0 Å². The lowest BCUT2D eigenvalue weighted by atomic mass is 10.1. The molecule has 0 radical (unpaired) electrons. The molecule has 0 aromatic carbocycles. The van der Waals surface area contributed by atoms with E-state index in [4.69, 9.17) is 4.42 Å². The maximum absolute atomic E-state index is 11.6. The Morgan fingerprint density at radius 3 is 2.48 bits per heavy atom. The largest absolute Gasteiger partial charge is 0.466 e. The Kier molecular flexibility index (Phi) is 4.34. The summed E-state index contributed by atoms with van der Waals surface area (Å²) < 4.78 is 31.0. The van der Waals surface area contributed by atoms with Crippen molar-refractivity contribution in [2.75, 3.05) is 12.4 Å². The van der Waals surface area contributed by atoms with Gasteiger partial charge >= 0.3 is 0 Å². The molecule has 0 aliphatic carbocycles. The Morgan fingerprint density at radius 1 is 1.29 bits per heavy atom. The van der Waals surface area contributed by atoms with Crippen molar-refractivity contribution in [2.45, 2.75) is 31.7 Å². The molecule has 0 saturated heterocycles. The molecule has 2 aromatic heterocycles. The Balaban J connectivity index is 2.15. The summed E-state index contributed by atoms with van der Waals surface area (Å²) in [7, 11) is -2.09. The van der Waals surface area contributed by atoms with Crippen molar-refractivity contribution in [3.05, 3.63) is 41.5 Å². The fourth-order valence-corrected chi connectivity index (χ4v) is 2.80. The molecule has 21 heavy (non-hydrogen) atoms. The second-order valence-electron chi connectivity index (χ2n) is 4.82. The van der Waals surface area contributed by atoms with E-state index in [2.05, 4.69) is 15.0 Å². The summed E-state index contributed by atoms with van der Waals surface area (Å²) >= 11 is 0. The Labute approximate surface area is 124 Å². The third-order valence-electron chi connectivity index (χ3n) is 3.23. The van der Waals surface area contributed by atoms with Crippen LogP contribution in [0.25, 0.3) is 0 Å². The van der Waals surface area contributed by atoms with Crippen molar-refractivity contribution in [1.29, 1.82) is 0 Å². The molecule has 6 nitrogen and oxygen atoms in total. The normalized spacial score (nSPS) is 13.1. The zero-order valence-electron chi connectivity index (χ0n) is 12.5. The van der Waals surface area contributed by atoms with E-state index in [0.29, 0.717) is 5.82 Å². The van der Waals surface area contributed by atoms with E-state index in [-0.39, 0.29) is 10.9 Å². The molecule has 2 rings (SSSR count). The molecule has 0 aliphatic rings. The third-order valence-corrected chi connectivity index (χ3v) is 4.63. The number of hydrogen-bond acceptors (Lipinski definition) is 5. The van der Waals surface area contributed by atoms with Crippen molar-refractivity contribution >= 4 is 15.8 Å². The molecule has 1 atom stereocenters. The third kappa shape index (κ3) is 3.43. The smallest absolute Gasteiger partial charge is 0.241 e. The Morgan fingerprint density at radius 2 is 2.00 bits per heavy atom. The van der Waals surface area contributed by atoms with E-state index < -0.39 is 10.0 Å². The predicted octanol–water partition coefficient (Wildman–Crippen LogP) is 2.37. The summed E-state index contributed by atoms with van der Waals surface area (Å²) in [4.78, 5) is 4.27. The molecule has 0 saturated carbocycles. The summed E-state index contributed by atoms with van der Waals surface area (Å²) in [5.41, 5.74) is 1.06. The van der Waals surface area contributed by atoms with Crippen molar-refractivity contribution in [3.63, 3.8) is 0 Å². The maximum atomic E-state index is 11.6. The van der Waals surface area contributed by atoms with Crippen LogP contribution in [0.5, 0.6) is 0 Å². The lowest BCUT2D eigenvalue weighted by molar-refractivity contribution is 0.499. The van der Waals surface area contributed by atoms with E-state index in [1.807, 2.05) is 26.8 Å². The summed E-state index contributed by atoms with van der Waals surface area (Å²) in [6, 6.07) is 5.15. The molecule has 2 aromatic rings. The lowest BCUT2D eigenvalue weighted by Gasteiger charge is -2.14. The van der Waals surface area contributed by atoms with Crippen LogP contribution < -0.4 is 10.0 Å². The van der Waals surface area contributed by atoms with E-state index >= 15 is 0 Å². The van der Waals surface area contributed by atoms with Crippen LogP contribution in [0.1, 0.15) is 30.0 Å². The molecule has 0 amide bonds. The summed E-state index contributed by atoms with van der Waals surface area (Å²) in [5, 5.41) is 3.22. The topological polar surface area (TPSA) is 84.2 Å². The maximum Gasteiger partial charge on any atom is 0.241 e. The van der Waals surface area contributed by atoms with Crippen molar-refractivity contribution in [1.82, 2.24) is 9.71 Å². The van der Waals surface area contributed by atoms with Gasteiger partial charge in [0.2, 0.25) is 10.0 Å². The van der Waals surface area contributed by atoms with E-state index in [0.717, 1.165) is 17.1 Å². The summed E-state index contributed by atoms with van der Waals surface area (Å²) in [6.45, 7) is 5.81. The number of anilines is 1. The second-order valence-corrected chi connectivity index (χ2v) is 6.71. The minimum atomic E-state index is -3.45. The van der Waals surface area contributed by atoms with Gasteiger partial charge in [0.15, 0.2) is 0 Å². The van der Waals surface area contributed by atoms with Gasteiger partial charge in [0.1, 0.15) is 22.2 Å². The lowest BCUT2D eigenvalue weighted by Crippen LogP contribution is -2.18. The number of aryl methyl sites for hydroxylation is 2. The van der Waals surface area contributed by atoms with Gasteiger partial charge < -0.3 is 9.73 Å². The molecule has 7 heteroatoms. The number of aromatic nitrogens is 1. The first-order valence-corrected chi connectivity index (χ1v) is 8.05. The van der Waals surface area contributed by atoms with Gasteiger partial charge in [-0.2, -0.15) is 0 Å². The first-order chi connectivity index (χ1) is 9.83. The fraction of sp³-hybridized carbons (Fsp3) is 0.357. The SMILES string of the molecule is CNS(=O)(=O)c1ccc(NC(C)c2cc(C)oc2C)nc1. The molecule has 0 fully saturated rings. The molecule has 0 bridgehead atoms. The van der Waals surface area contributed by atoms with Gasteiger partial charge in [-0.05, 0) is 46.0 Å². The average Bonchev–Trinajstić information content (AvgIpc) is 2.78. The van der Waals surface area contributed by atoms with Crippen molar-refractivity contribution in [2.24, 2.45) is 0 Å². The van der Waals surface area contributed by atoms with Gasteiger partial charge in [-0.3, -0.25) is 0 Å². The van der Waals surface area contributed by atoms with Crippen LogP contribution in [0.2, 0.25) is 0 Å². The van der Waals surface area contributed by atoms with Gasteiger partial charge in [0.05, 0.1) is 6.04 Å². The molecule has 1 unspecified atom stereocenters. The monoisotopic (exact) mass is 309 g/mol. The average molecular weight is 309 g/mol. The first-order valence-electron chi connectivity index (χ1n) is 6.56. The van der Waals surface area contributed by atoms with Crippen LogP contribution in [-0.2, 0) is 10.0 Å².